The van der Waals surface area contributed by atoms with Crippen LogP contribution in [0.25, 0.3) is 10.9 Å². The molecule has 0 spiro atoms. The van der Waals surface area contributed by atoms with E-state index in [4.69, 9.17) is 4.74 Å². The van der Waals surface area contributed by atoms with Crippen LogP contribution in [0.4, 0.5) is 13.2 Å². The number of hydrogen-bond acceptors (Lipinski definition) is 1. The second-order valence-corrected chi connectivity index (χ2v) is 5.11. The maximum atomic E-state index is 12.9. The van der Waals surface area contributed by atoms with Gasteiger partial charge in [-0.05, 0) is 36.8 Å². The zero-order valence-electron chi connectivity index (χ0n) is 11.9. The Morgan fingerprint density at radius 2 is 1.82 bits per heavy atom. The number of fused-ring (bicyclic) bond motifs is 1. The van der Waals surface area contributed by atoms with E-state index in [1.807, 2.05) is 31.2 Å². The van der Waals surface area contributed by atoms with Crippen molar-refractivity contribution in [3.05, 3.63) is 65.4 Å². The molecule has 0 atom stereocenters. The highest BCUT2D eigenvalue weighted by atomic mass is 19.4. The second kappa shape index (κ2) is 5.40. The molecule has 0 unspecified atom stereocenters. The number of rotatable bonds is 3. The summed E-state index contributed by atoms with van der Waals surface area (Å²) in [5.41, 5.74) is 2.03. The van der Waals surface area contributed by atoms with Crippen LogP contribution in [0.2, 0.25) is 0 Å². The topological polar surface area (TPSA) is 25.0 Å². The molecular formula is C17H14F3NO. The first-order valence-electron chi connectivity index (χ1n) is 6.81. The zero-order chi connectivity index (χ0) is 15.7. The molecule has 5 heteroatoms. The summed E-state index contributed by atoms with van der Waals surface area (Å²) in [4.78, 5) is 3.16. The lowest BCUT2D eigenvalue weighted by atomic mass is 10.1. The van der Waals surface area contributed by atoms with Gasteiger partial charge >= 0.3 is 6.18 Å². The fraction of sp³-hybridized carbons (Fsp3) is 0.176. The fourth-order valence-electron chi connectivity index (χ4n) is 2.42. The van der Waals surface area contributed by atoms with Gasteiger partial charge < -0.3 is 9.72 Å². The Balaban J connectivity index is 1.84. The molecular weight excluding hydrogens is 291 g/mol. The van der Waals surface area contributed by atoms with E-state index in [1.165, 1.54) is 18.2 Å². The van der Waals surface area contributed by atoms with Crippen LogP contribution in [0.3, 0.4) is 0 Å². The minimum Gasteiger partial charge on any atom is -0.487 e. The lowest BCUT2D eigenvalue weighted by Crippen LogP contribution is -2.08. The molecule has 22 heavy (non-hydrogen) atoms. The number of aryl methyl sites for hydroxylation is 1. The predicted octanol–water partition coefficient (Wildman–Crippen LogP) is 5.07. The monoisotopic (exact) mass is 305 g/mol. The fourth-order valence-corrected chi connectivity index (χ4v) is 2.42. The van der Waals surface area contributed by atoms with Crippen molar-refractivity contribution in [2.45, 2.75) is 19.7 Å². The minimum absolute atomic E-state index is 0.0568. The van der Waals surface area contributed by atoms with Crippen molar-refractivity contribution < 1.29 is 17.9 Å². The highest BCUT2D eigenvalue weighted by molar-refractivity contribution is 5.83. The average Bonchev–Trinajstić information content (AvgIpc) is 2.89. The molecule has 2 aromatic carbocycles. The highest BCUT2D eigenvalue weighted by Gasteiger charge is 2.34. The van der Waals surface area contributed by atoms with E-state index in [1.54, 1.807) is 0 Å². The first-order valence-corrected chi connectivity index (χ1v) is 6.81. The van der Waals surface area contributed by atoms with E-state index in [0.717, 1.165) is 28.2 Å². The number of para-hydroxylation sites is 1. The van der Waals surface area contributed by atoms with Crippen molar-refractivity contribution in [1.82, 2.24) is 4.98 Å². The number of benzene rings is 2. The lowest BCUT2D eigenvalue weighted by molar-refractivity contribution is -0.139. The Labute approximate surface area is 125 Å². The molecule has 0 aliphatic heterocycles. The van der Waals surface area contributed by atoms with E-state index in [2.05, 4.69) is 4.98 Å². The molecule has 0 saturated carbocycles. The summed E-state index contributed by atoms with van der Waals surface area (Å²) in [6.07, 6.45) is -4.42. The molecule has 1 N–H and O–H groups in total. The smallest absolute Gasteiger partial charge is 0.419 e. The highest BCUT2D eigenvalue weighted by Crippen LogP contribution is 2.36. The number of aromatic amines is 1. The predicted molar refractivity (Wildman–Crippen MR) is 78.8 cm³/mol. The third-order valence-corrected chi connectivity index (χ3v) is 3.51. The molecule has 3 rings (SSSR count). The van der Waals surface area contributed by atoms with Crippen LogP contribution in [0, 0.1) is 6.92 Å². The van der Waals surface area contributed by atoms with E-state index in [9.17, 15) is 13.2 Å². The summed E-state index contributed by atoms with van der Waals surface area (Å²) in [6, 6.07) is 13.0. The van der Waals surface area contributed by atoms with Crippen LogP contribution in [0.15, 0.2) is 48.5 Å². The maximum Gasteiger partial charge on any atom is 0.419 e. The van der Waals surface area contributed by atoms with Gasteiger partial charge in [0.25, 0.3) is 0 Å². The van der Waals surface area contributed by atoms with Crippen molar-refractivity contribution >= 4 is 10.9 Å². The van der Waals surface area contributed by atoms with Crippen molar-refractivity contribution in [2.75, 3.05) is 0 Å². The molecule has 1 heterocycles. The number of nitrogens with one attached hydrogen (secondary N) is 1. The number of H-pyrrole nitrogens is 1. The van der Waals surface area contributed by atoms with Gasteiger partial charge in [0.15, 0.2) is 0 Å². The minimum atomic E-state index is -4.42. The van der Waals surface area contributed by atoms with Crippen LogP contribution < -0.4 is 4.74 Å². The number of ether oxygens (including phenoxy) is 1. The van der Waals surface area contributed by atoms with Gasteiger partial charge in [-0.3, -0.25) is 0 Å². The Morgan fingerprint density at radius 1 is 1.05 bits per heavy atom. The molecule has 0 amide bonds. The molecule has 3 aromatic rings. The molecule has 0 bridgehead atoms. The number of hydrogen-bond donors (Lipinski definition) is 1. The van der Waals surface area contributed by atoms with Gasteiger partial charge in [-0.15, -0.1) is 0 Å². The van der Waals surface area contributed by atoms with Crippen LogP contribution in [0.1, 0.15) is 16.8 Å². The third kappa shape index (κ3) is 2.79. The standard InChI is InChI=1S/C17H14F3NO/c1-11-5-4-7-15-13(11)9-12(21-15)10-22-16-8-3-2-6-14(16)17(18,19)20/h2-9,21H,10H2,1H3. The molecule has 0 fully saturated rings. The molecule has 2 nitrogen and oxygen atoms in total. The Morgan fingerprint density at radius 3 is 2.55 bits per heavy atom. The van der Waals surface area contributed by atoms with Gasteiger partial charge in [-0.1, -0.05) is 24.3 Å². The van der Waals surface area contributed by atoms with Gasteiger partial charge in [0.2, 0.25) is 0 Å². The molecule has 0 aliphatic carbocycles. The summed E-state index contributed by atoms with van der Waals surface area (Å²) in [7, 11) is 0. The SMILES string of the molecule is Cc1cccc2[nH]c(COc3ccccc3C(F)(F)F)cc12. The van der Waals surface area contributed by atoms with Gasteiger partial charge in [0.05, 0.1) is 11.3 Å². The van der Waals surface area contributed by atoms with Gasteiger partial charge in [-0.2, -0.15) is 13.2 Å². The van der Waals surface area contributed by atoms with Crippen molar-refractivity contribution in [1.29, 1.82) is 0 Å². The summed E-state index contributed by atoms with van der Waals surface area (Å²) in [5.74, 6) is -0.162. The number of aromatic nitrogens is 1. The maximum absolute atomic E-state index is 12.9. The summed E-state index contributed by atoms with van der Waals surface area (Å²) >= 11 is 0. The molecule has 0 saturated heterocycles. The number of halogens is 3. The summed E-state index contributed by atoms with van der Waals surface area (Å²) in [5, 5.41) is 1.05. The van der Waals surface area contributed by atoms with Crippen molar-refractivity contribution in [2.24, 2.45) is 0 Å². The van der Waals surface area contributed by atoms with E-state index in [-0.39, 0.29) is 12.4 Å². The summed E-state index contributed by atoms with van der Waals surface area (Å²) in [6.45, 7) is 2.04. The van der Waals surface area contributed by atoms with Gasteiger partial charge in [0.1, 0.15) is 12.4 Å². The van der Waals surface area contributed by atoms with Gasteiger partial charge in [0, 0.05) is 10.9 Å². The third-order valence-electron chi connectivity index (χ3n) is 3.51. The molecule has 0 aliphatic rings. The second-order valence-electron chi connectivity index (χ2n) is 5.11. The quantitative estimate of drug-likeness (QED) is 0.717. The summed E-state index contributed by atoms with van der Waals surface area (Å²) < 4.78 is 44.1. The Hall–Kier alpha value is -2.43. The van der Waals surface area contributed by atoms with Crippen LogP contribution in [-0.4, -0.2) is 4.98 Å². The molecule has 0 radical (unpaired) electrons. The van der Waals surface area contributed by atoms with Crippen LogP contribution in [0.5, 0.6) is 5.75 Å². The zero-order valence-corrected chi connectivity index (χ0v) is 11.9. The van der Waals surface area contributed by atoms with Crippen LogP contribution in [-0.2, 0) is 12.8 Å². The number of alkyl halides is 3. The van der Waals surface area contributed by atoms with Gasteiger partial charge in [-0.25, -0.2) is 0 Å². The first-order chi connectivity index (χ1) is 10.4. The Bertz CT molecular complexity index is 805. The molecule has 114 valence electrons. The normalized spacial score (nSPS) is 11.8. The van der Waals surface area contributed by atoms with E-state index < -0.39 is 11.7 Å². The van der Waals surface area contributed by atoms with Crippen molar-refractivity contribution in [3.63, 3.8) is 0 Å². The first kappa shape index (κ1) is 14.5. The van der Waals surface area contributed by atoms with Crippen molar-refractivity contribution in [3.8, 4) is 5.75 Å². The lowest BCUT2D eigenvalue weighted by Gasteiger charge is -2.13. The average molecular weight is 305 g/mol. The largest absolute Gasteiger partial charge is 0.487 e. The Kier molecular flexibility index (Phi) is 3.56. The van der Waals surface area contributed by atoms with E-state index in [0.29, 0.717) is 0 Å². The van der Waals surface area contributed by atoms with Crippen LogP contribution >= 0.6 is 0 Å². The van der Waals surface area contributed by atoms with E-state index >= 15 is 0 Å². The molecule has 1 aromatic heterocycles.